The summed E-state index contributed by atoms with van der Waals surface area (Å²) >= 11 is 0. The van der Waals surface area contributed by atoms with Crippen molar-refractivity contribution >= 4 is 17.6 Å². The maximum Gasteiger partial charge on any atom is 0.405 e. The summed E-state index contributed by atoms with van der Waals surface area (Å²) in [6.45, 7) is -1.70. The minimum Gasteiger partial charge on any atom is -0.465 e. The summed E-state index contributed by atoms with van der Waals surface area (Å²) in [5, 5.41) is 17.0. The number of hydrogen-bond donors (Lipinski definition) is 3. The van der Waals surface area contributed by atoms with Crippen molar-refractivity contribution in [3.8, 4) is 0 Å². The second kappa shape index (κ2) is 10.2. The van der Waals surface area contributed by atoms with Crippen molar-refractivity contribution in [2.75, 3.05) is 6.54 Å². The third kappa shape index (κ3) is 7.18. The maximum absolute atomic E-state index is 13.6. The first-order valence-corrected chi connectivity index (χ1v) is 10.6. The molecule has 2 aromatic heterocycles. The molecule has 0 aliphatic heterocycles. The predicted molar refractivity (Wildman–Crippen MR) is 106 cm³/mol. The van der Waals surface area contributed by atoms with Crippen molar-refractivity contribution in [2.24, 2.45) is 5.92 Å². The van der Waals surface area contributed by atoms with Gasteiger partial charge >= 0.3 is 12.3 Å². The molecule has 1 saturated carbocycles. The van der Waals surface area contributed by atoms with E-state index in [0.29, 0.717) is 0 Å². The van der Waals surface area contributed by atoms with Gasteiger partial charge in [-0.25, -0.2) is 31.9 Å². The van der Waals surface area contributed by atoms with Crippen LogP contribution in [0.5, 0.6) is 0 Å². The summed E-state index contributed by atoms with van der Waals surface area (Å²) in [4.78, 5) is 27.8. The summed E-state index contributed by atoms with van der Waals surface area (Å²) in [7, 11) is 0. The van der Waals surface area contributed by atoms with Gasteiger partial charge in [0.25, 0.3) is 0 Å². The molecule has 3 rings (SSSR count). The summed E-state index contributed by atoms with van der Waals surface area (Å²) in [5.41, 5.74) is 0.0348. The number of rotatable bonds is 8. The summed E-state index contributed by atoms with van der Waals surface area (Å²) < 4.78 is 91.7. The molecule has 2 heterocycles. The second-order valence-corrected chi connectivity index (χ2v) is 8.39. The van der Waals surface area contributed by atoms with E-state index in [2.05, 4.69) is 15.4 Å². The Kier molecular flexibility index (Phi) is 7.74. The van der Waals surface area contributed by atoms with Gasteiger partial charge in [-0.05, 0) is 30.4 Å². The highest BCUT2D eigenvalue weighted by atomic mass is 19.4. The molecule has 0 spiro atoms. The molecule has 8 nitrogen and oxygen atoms in total. The zero-order valence-corrected chi connectivity index (χ0v) is 18.0. The van der Waals surface area contributed by atoms with Gasteiger partial charge in [0.2, 0.25) is 18.3 Å². The van der Waals surface area contributed by atoms with Gasteiger partial charge in [-0.1, -0.05) is 0 Å². The lowest BCUT2D eigenvalue weighted by Crippen LogP contribution is -2.37. The lowest BCUT2D eigenvalue weighted by molar-refractivity contribution is -0.139. The number of nitrogens with one attached hydrogen (secondary N) is 2. The Balaban J connectivity index is 1.89. The van der Waals surface area contributed by atoms with E-state index in [9.17, 15) is 45.4 Å². The minimum atomic E-state index is -4.74. The SMILES string of the molecule is O=C(O)NC(c1cn2ncc(C(CC(F)F)C(=O)NCC(F)(F)F)cc2n1)C1CCC(F)(F)CC1. The van der Waals surface area contributed by atoms with E-state index in [1.807, 2.05) is 0 Å². The van der Waals surface area contributed by atoms with Crippen LogP contribution in [-0.2, 0) is 4.79 Å². The average Bonchev–Trinajstić information content (AvgIpc) is 3.16. The molecule has 15 heteroatoms. The van der Waals surface area contributed by atoms with Crippen LogP contribution in [-0.4, -0.2) is 56.8 Å². The molecule has 0 bridgehead atoms. The van der Waals surface area contributed by atoms with Crippen molar-refractivity contribution in [3.63, 3.8) is 0 Å². The third-order valence-electron chi connectivity index (χ3n) is 5.79. The number of fused-ring (bicyclic) bond motifs is 1. The topological polar surface area (TPSA) is 109 Å². The number of hydrogen-bond acceptors (Lipinski definition) is 4. The highest BCUT2D eigenvalue weighted by Crippen LogP contribution is 2.41. The molecule has 0 radical (unpaired) electrons. The highest BCUT2D eigenvalue weighted by Gasteiger charge is 2.39. The number of alkyl halides is 7. The predicted octanol–water partition coefficient (Wildman–Crippen LogP) is 4.28. The van der Waals surface area contributed by atoms with Crippen LogP contribution in [0.2, 0.25) is 0 Å². The van der Waals surface area contributed by atoms with Crippen LogP contribution < -0.4 is 10.6 Å². The first-order chi connectivity index (χ1) is 16.2. The molecule has 2 aromatic rings. The van der Waals surface area contributed by atoms with Crippen LogP contribution in [0, 0.1) is 5.92 Å². The lowest BCUT2D eigenvalue weighted by atomic mass is 9.81. The Morgan fingerprint density at radius 2 is 1.89 bits per heavy atom. The van der Waals surface area contributed by atoms with Gasteiger partial charge in [0.15, 0.2) is 5.65 Å². The van der Waals surface area contributed by atoms with Crippen LogP contribution in [0.3, 0.4) is 0 Å². The van der Waals surface area contributed by atoms with E-state index in [1.165, 1.54) is 16.8 Å². The number of amides is 2. The quantitative estimate of drug-likeness (QED) is 0.457. The van der Waals surface area contributed by atoms with Crippen LogP contribution in [0.1, 0.15) is 55.3 Å². The number of nitrogens with zero attached hydrogens (tertiary/aromatic N) is 3. The minimum absolute atomic E-state index is 0.0127. The largest absolute Gasteiger partial charge is 0.465 e. The average molecular weight is 513 g/mol. The van der Waals surface area contributed by atoms with Gasteiger partial charge in [0.1, 0.15) is 6.54 Å². The second-order valence-electron chi connectivity index (χ2n) is 8.39. The molecule has 1 fully saturated rings. The van der Waals surface area contributed by atoms with E-state index in [-0.39, 0.29) is 29.7 Å². The Hall–Kier alpha value is -3.13. The van der Waals surface area contributed by atoms with Gasteiger partial charge in [-0.3, -0.25) is 4.79 Å². The molecule has 0 saturated heterocycles. The van der Waals surface area contributed by atoms with Crippen LogP contribution in [0.15, 0.2) is 18.5 Å². The van der Waals surface area contributed by atoms with Crippen molar-refractivity contribution in [2.45, 2.75) is 62.6 Å². The summed E-state index contributed by atoms with van der Waals surface area (Å²) in [6, 6.07) is 0.226. The van der Waals surface area contributed by atoms with Crippen LogP contribution >= 0.6 is 0 Å². The Morgan fingerprint density at radius 3 is 2.46 bits per heavy atom. The zero-order valence-electron chi connectivity index (χ0n) is 18.0. The lowest BCUT2D eigenvalue weighted by Gasteiger charge is -2.32. The van der Waals surface area contributed by atoms with Gasteiger partial charge in [0.05, 0.1) is 30.0 Å². The van der Waals surface area contributed by atoms with Gasteiger partial charge in [-0.2, -0.15) is 18.3 Å². The normalized spacial score (nSPS) is 18.4. The molecule has 2 atom stereocenters. The molecule has 1 aliphatic rings. The molecule has 35 heavy (non-hydrogen) atoms. The highest BCUT2D eigenvalue weighted by molar-refractivity contribution is 5.83. The fraction of sp³-hybridized carbons (Fsp3) is 0.600. The van der Waals surface area contributed by atoms with E-state index >= 15 is 0 Å². The zero-order chi connectivity index (χ0) is 26.0. The number of carbonyl (C=O) groups is 2. The van der Waals surface area contributed by atoms with E-state index in [4.69, 9.17) is 0 Å². The smallest absolute Gasteiger partial charge is 0.405 e. The van der Waals surface area contributed by atoms with E-state index in [0.717, 1.165) is 6.20 Å². The van der Waals surface area contributed by atoms with Crippen molar-refractivity contribution in [1.82, 2.24) is 25.2 Å². The molecule has 1 aliphatic carbocycles. The molecule has 2 amide bonds. The third-order valence-corrected chi connectivity index (χ3v) is 5.79. The molecule has 194 valence electrons. The van der Waals surface area contributed by atoms with Crippen LogP contribution in [0.25, 0.3) is 5.65 Å². The number of carboxylic acid groups (broad SMARTS) is 1. The molecular formula is C20H22F7N5O3. The molecule has 2 unspecified atom stereocenters. The van der Waals surface area contributed by atoms with Gasteiger partial charge in [-0.15, -0.1) is 0 Å². The van der Waals surface area contributed by atoms with Gasteiger partial charge in [0, 0.05) is 19.3 Å². The number of halogens is 7. The first kappa shape index (κ1) is 26.5. The first-order valence-electron chi connectivity index (χ1n) is 10.6. The fourth-order valence-electron chi connectivity index (χ4n) is 4.10. The van der Waals surface area contributed by atoms with E-state index in [1.54, 1.807) is 5.32 Å². The standard InChI is InChI=1S/C20H22F7N5O3/c21-14(22)6-12(17(33)28-9-20(25,26)27)11-5-15-30-13(8-32(15)29-7-11)16(31-18(34)35)10-1-3-19(23,24)4-2-10/h5,7-8,10,12,14,16,31H,1-4,6,9H2,(H,28,33)(H,34,35). The number of aromatic nitrogens is 3. The fourth-order valence-corrected chi connectivity index (χ4v) is 4.10. The van der Waals surface area contributed by atoms with Crippen LogP contribution in [0.4, 0.5) is 35.5 Å². The number of imidazole rings is 1. The monoisotopic (exact) mass is 513 g/mol. The Morgan fingerprint density at radius 1 is 1.23 bits per heavy atom. The van der Waals surface area contributed by atoms with Crippen molar-refractivity contribution in [3.05, 3.63) is 29.7 Å². The molecular weight excluding hydrogens is 491 g/mol. The summed E-state index contributed by atoms with van der Waals surface area (Å²) in [5.74, 6) is -6.25. The van der Waals surface area contributed by atoms with E-state index < -0.39 is 74.2 Å². The molecule has 3 N–H and O–H groups in total. The number of carbonyl (C=O) groups excluding carboxylic acids is 1. The molecule has 0 aromatic carbocycles. The maximum atomic E-state index is 13.6. The Labute approximate surface area is 193 Å². The summed E-state index contributed by atoms with van der Waals surface area (Å²) in [6.07, 6.45) is -8.64. The van der Waals surface area contributed by atoms with Gasteiger partial charge < -0.3 is 15.7 Å². The van der Waals surface area contributed by atoms with Crippen molar-refractivity contribution in [1.29, 1.82) is 0 Å². The Bertz CT molecular complexity index is 1050. The van der Waals surface area contributed by atoms with Crippen molar-refractivity contribution < 1.29 is 45.4 Å².